The first-order valence-corrected chi connectivity index (χ1v) is 7.08. The molecule has 1 aromatic rings. The normalized spacial score (nSPS) is 16.7. The van der Waals surface area contributed by atoms with Crippen LogP contribution in [0.15, 0.2) is 30.9 Å². The summed E-state index contributed by atoms with van der Waals surface area (Å²) in [5, 5.41) is 5.51. The molecule has 0 saturated heterocycles. The van der Waals surface area contributed by atoms with Crippen molar-refractivity contribution in [3.8, 4) is 0 Å². The van der Waals surface area contributed by atoms with Crippen LogP contribution in [0.4, 0.5) is 4.39 Å². The second-order valence-corrected chi connectivity index (χ2v) is 5.10. The van der Waals surface area contributed by atoms with Gasteiger partial charge in [0.05, 0.1) is 6.04 Å². The fraction of sp³-hybridized carbons (Fsp3) is 0.375. The number of fused-ring (bicyclic) bond motifs is 1. The molecule has 1 atom stereocenters. The molecule has 1 aromatic carbocycles. The molecule has 1 aliphatic rings. The van der Waals surface area contributed by atoms with E-state index in [-0.39, 0.29) is 36.6 Å². The van der Waals surface area contributed by atoms with Gasteiger partial charge in [-0.1, -0.05) is 12.6 Å². The Bertz CT molecular complexity index is 557. The first-order valence-electron chi connectivity index (χ1n) is 7.08. The van der Waals surface area contributed by atoms with Crippen molar-refractivity contribution >= 4 is 11.8 Å². The van der Waals surface area contributed by atoms with Gasteiger partial charge in [0.1, 0.15) is 5.82 Å². The Morgan fingerprint density at radius 2 is 2.24 bits per heavy atom. The van der Waals surface area contributed by atoms with Gasteiger partial charge >= 0.3 is 0 Å². The van der Waals surface area contributed by atoms with Gasteiger partial charge in [-0.3, -0.25) is 9.59 Å². The Balaban J connectivity index is 1.90. The summed E-state index contributed by atoms with van der Waals surface area (Å²) in [6, 6.07) is 4.64. The first-order chi connectivity index (χ1) is 10.1. The SMILES string of the molecule is C=CC(=O)NCCC(=O)N[C@@H]1CCCc2cc(F)ccc21. The van der Waals surface area contributed by atoms with E-state index in [1.807, 2.05) is 0 Å². The highest BCUT2D eigenvalue weighted by molar-refractivity contribution is 5.87. The highest BCUT2D eigenvalue weighted by Gasteiger charge is 2.21. The molecule has 0 fully saturated rings. The number of nitrogens with one attached hydrogen (secondary N) is 2. The van der Waals surface area contributed by atoms with Gasteiger partial charge in [-0.2, -0.15) is 0 Å². The Morgan fingerprint density at radius 3 is 3.00 bits per heavy atom. The van der Waals surface area contributed by atoms with Crippen LogP contribution in [0.1, 0.15) is 36.4 Å². The number of benzene rings is 1. The van der Waals surface area contributed by atoms with E-state index in [2.05, 4.69) is 17.2 Å². The minimum absolute atomic E-state index is 0.0723. The minimum Gasteiger partial charge on any atom is -0.352 e. The van der Waals surface area contributed by atoms with Gasteiger partial charge in [0.15, 0.2) is 0 Å². The molecule has 0 saturated carbocycles. The van der Waals surface area contributed by atoms with Crippen LogP contribution in [0.2, 0.25) is 0 Å². The van der Waals surface area contributed by atoms with E-state index in [9.17, 15) is 14.0 Å². The molecule has 4 nitrogen and oxygen atoms in total. The summed E-state index contributed by atoms with van der Waals surface area (Å²) in [4.78, 5) is 22.9. The molecule has 2 rings (SSSR count). The van der Waals surface area contributed by atoms with Crippen LogP contribution in [0.5, 0.6) is 0 Å². The smallest absolute Gasteiger partial charge is 0.243 e. The highest BCUT2D eigenvalue weighted by Crippen LogP contribution is 2.30. The maximum atomic E-state index is 13.2. The van der Waals surface area contributed by atoms with Crippen LogP contribution in [-0.4, -0.2) is 18.4 Å². The summed E-state index contributed by atoms with van der Waals surface area (Å²) in [6.07, 6.45) is 4.00. The molecular weight excluding hydrogens is 271 g/mol. The minimum atomic E-state index is -0.290. The summed E-state index contributed by atoms with van der Waals surface area (Å²) < 4.78 is 13.2. The molecule has 112 valence electrons. The van der Waals surface area contributed by atoms with Gasteiger partial charge in [-0.05, 0) is 48.6 Å². The van der Waals surface area contributed by atoms with Crippen molar-refractivity contribution in [3.63, 3.8) is 0 Å². The van der Waals surface area contributed by atoms with Crippen LogP contribution in [0, 0.1) is 5.82 Å². The zero-order chi connectivity index (χ0) is 15.2. The molecule has 2 amide bonds. The van der Waals surface area contributed by atoms with Crippen molar-refractivity contribution in [3.05, 3.63) is 47.8 Å². The molecule has 21 heavy (non-hydrogen) atoms. The number of hydrogen-bond donors (Lipinski definition) is 2. The predicted molar refractivity (Wildman–Crippen MR) is 78.0 cm³/mol. The standard InChI is InChI=1S/C16H19FN2O2/c1-2-15(20)18-9-8-16(21)19-14-5-3-4-11-10-12(17)6-7-13(11)14/h2,6-7,10,14H,1,3-5,8-9H2,(H,18,20)(H,19,21)/t14-/m1/s1. The number of rotatable bonds is 5. The van der Waals surface area contributed by atoms with E-state index < -0.39 is 0 Å². The zero-order valence-electron chi connectivity index (χ0n) is 11.8. The van der Waals surface area contributed by atoms with Gasteiger partial charge < -0.3 is 10.6 Å². The van der Waals surface area contributed by atoms with E-state index in [4.69, 9.17) is 0 Å². The lowest BCUT2D eigenvalue weighted by atomic mass is 9.87. The van der Waals surface area contributed by atoms with Gasteiger partial charge in [0, 0.05) is 13.0 Å². The second kappa shape index (κ2) is 7.02. The van der Waals surface area contributed by atoms with Crippen molar-refractivity contribution < 1.29 is 14.0 Å². The Morgan fingerprint density at radius 1 is 1.43 bits per heavy atom. The van der Waals surface area contributed by atoms with E-state index in [1.54, 1.807) is 6.07 Å². The van der Waals surface area contributed by atoms with Crippen LogP contribution < -0.4 is 10.6 Å². The molecule has 1 aliphatic carbocycles. The number of halogens is 1. The van der Waals surface area contributed by atoms with E-state index in [0.717, 1.165) is 30.4 Å². The van der Waals surface area contributed by atoms with Gasteiger partial charge in [0.25, 0.3) is 0 Å². The fourth-order valence-electron chi connectivity index (χ4n) is 2.57. The summed E-state index contributed by atoms with van der Waals surface area (Å²) in [5.74, 6) is -0.657. The second-order valence-electron chi connectivity index (χ2n) is 5.10. The third kappa shape index (κ3) is 4.15. The van der Waals surface area contributed by atoms with E-state index in [1.165, 1.54) is 18.2 Å². The molecule has 0 unspecified atom stereocenters. The molecule has 0 radical (unpaired) electrons. The third-order valence-corrected chi connectivity index (χ3v) is 3.59. The Labute approximate surface area is 123 Å². The van der Waals surface area contributed by atoms with Gasteiger partial charge in [-0.25, -0.2) is 4.39 Å². The number of amides is 2. The molecule has 0 aliphatic heterocycles. The largest absolute Gasteiger partial charge is 0.352 e. The lowest BCUT2D eigenvalue weighted by molar-refractivity contribution is -0.122. The Hall–Kier alpha value is -2.17. The summed E-state index contributed by atoms with van der Waals surface area (Å²) >= 11 is 0. The molecule has 0 heterocycles. The van der Waals surface area contributed by atoms with Crippen molar-refractivity contribution in [2.24, 2.45) is 0 Å². The molecule has 2 N–H and O–H groups in total. The lowest BCUT2D eigenvalue weighted by Crippen LogP contribution is -2.33. The molecular formula is C16H19FN2O2. The van der Waals surface area contributed by atoms with Gasteiger partial charge in [0.2, 0.25) is 11.8 Å². The van der Waals surface area contributed by atoms with Crippen molar-refractivity contribution in [2.45, 2.75) is 31.7 Å². The molecule has 0 aromatic heterocycles. The maximum Gasteiger partial charge on any atom is 0.243 e. The first kappa shape index (κ1) is 15.2. The van der Waals surface area contributed by atoms with Crippen LogP contribution >= 0.6 is 0 Å². The average Bonchev–Trinajstić information content (AvgIpc) is 2.47. The molecule has 0 spiro atoms. The average molecular weight is 290 g/mol. The maximum absolute atomic E-state index is 13.2. The van der Waals surface area contributed by atoms with Gasteiger partial charge in [-0.15, -0.1) is 0 Å². The summed E-state index contributed by atoms with van der Waals surface area (Å²) in [5.41, 5.74) is 1.96. The zero-order valence-corrected chi connectivity index (χ0v) is 11.8. The Kier molecular flexibility index (Phi) is 5.09. The highest BCUT2D eigenvalue weighted by atomic mass is 19.1. The van der Waals surface area contributed by atoms with Crippen molar-refractivity contribution in [1.29, 1.82) is 0 Å². The van der Waals surface area contributed by atoms with E-state index in [0.29, 0.717) is 0 Å². The topological polar surface area (TPSA) is 58.2 Å². The quantitative estimate of drug-likeness (QED) is 0.815. The lowest BCUT2D eigenvalue weighted by Gasteiger charge is -2.26. The molecule has 0 bridgehead atoms. The predicted octanol–water partition coefficient (Wildman–Crippen LogP) is 2.01. The number of carbonyl (C=O) groups excluding carboxylic acids is 2. The monoisotopic (exact) mass is 290 g/mol. The van der Waals surface area contributed by atoms with E-state index >= 15 is 0 Å². The number of aryl methyl sites for hydroxylation is 1. The summed E-state index contributed by atoms with van der Waals surface area (Å²) in [7, 11) is 0. The van der Waals surface area contributed by atoms with Crippen molar-refractivity contribution in [1.82, 2.24) is 10.6 Å². The van der Waals surface area contributed by atoms with Crippen LogP contribution in [-0.2, 0) is 16.0 Å². The fourth-order valence-corrected chi connectivity index (χ4v) is 2.57. The molecule has 5 heteroatoms. The van der Waals surface area contributed by atoms with Crippen molar-refractivity contribution in [2.75, 3.05) is 6.54 Å². The van der Waals surface area contributed by atoms with Crippen LogP contribution in [0.25, 0.3) is 0 Å². The summed E-state index contributed by atoms with van der Waals surface area (Å²) in [6.45, 7) is 3.62. The number of carbonyl (C=O) groups is 2. The third-order valence-electron chi connectivity index (χ3n) is 3.59. The van der Waals surface area contributed by atoms with Crippen LogP contribution in [0.3, 0.4) is 0 Å². The number of hydrogen-bond acceptors (Lipinski definition) is 2.